The fourth-order valence-corrected chi connectivity index (χ4v) is 2.25. The highest BCUT2D eigenvalue weighted by molar-refractivity contribution is 5.72. The molecule has 0 aliphatic rings. The van der Waals surface area contributed by atoms with E-state index in [4.69, 9.17) is 9.47 Å². The van der Waals surface area contributed by atoms with Crippen molar-refractivity contribution in [3.05, 3.63) is 58.7 Å². The number of carbonyl (C=O) groups is 2. The van der Waals surface area contributed by atoms with Crippen LogP contribution in [0.5, 0.6) is 0 Å². The monoisotopic (exact) mass is 360 g/mol. The molecule has 0 spiro atoms. The largest absolute Gasteiger partial charge is 0.377 e. The van der Waals surface area contributed by atoms with Gasteiger partial charge < -0.3 is 9.47 Å². The minimum atomic E-state index is -0.0530. The van der Waals surface area contributed by atoms with Crippen molar-refractivity contribution in [2.45, 2.75) is 52.7 Å². The molecule has 0 radical (unpaired) electrons. The molecule has 0 saturated carbocycles. The Kier molecular flexibility index (Phi) is 13.1. The van der Waals surface area contributed by atoms with Crippen molar-refractivity contribution in [3.8, 4) is 0 Å². The molecule has 0 aromatic rings. The van der Waals surface area contributed by atoms with Gasteiger partial charge in [-0.1, -0.05) is 36.5 Å². The number of methoxy groups -OCH3 is 2. The van der Waals surface area contributed by atoms with Crippen LogP contribution in [0.25, 0.3) is 0 Å². The van der Waals surface area contributed by atoms with Gasteiger partial charge in [0, 0.05) is 14.2 Å². The van der Waals surface area contributed by atoms with E-state index in [-0.39, 0.29) is 12.2 Å². The molecule has 0 rings (SSSR count). The highest BCUT2D eigenvalue weighted by Crippen LogP contribution is 2.13. The smallest absolute Gasteiger partial charge is 0.145 e. The summed E-state index contributed by atoms with van der Waals surface area (Å²) in [5, 5.41) is 0. The van der Waals surface area contributed by atoms with Gasteiger partial charge in [-0.3, -0.25) is 9.59 Å². The third-order valence-electron chi connectivity index (χ3n) is 4.09. The molecule has 0 aromatic carbocycles. The van der Waals surface area contributed by atoms with E-state index in [1.165, 1.54) is 0 Å². The first-order chi connectivity index (χ1) is 12.4. The lowest BCUT2D eigenvalue weighted by Crippen LogP contribution is -2.11. The average Bonchev–Trinajstić information content (AvgIpc) is 2.65. The summed E-state index contributed by atoms with van der Waals surface area (Å²) in [6.45, 7) is 7.57. The molecule has 4 heteroatoms. The molecule has 26 heavy (non-hydrogen) atoms. The molecule has 0 N–H and O–H groups in total. The zero-order valence-corrected chi connectivity index (χ0v) is 16.8. The first-order valence-corrected chi connectivity index (χ1v) is 8.70. The summed E-state index contributed by atoms with van der Waals surface area (Å²) >= 11 is 0. The van der Waals surface area contributed by atoms with Crippen LogP contribution in [0.15, 0.2) is 58.7 Å². The van der Waals surface area contributed by atoms with Crippen LogP contribution in [0.2, 0.25) is 0 Å². The standard InChI is InChI=1S/C22H32O4/c1-17(15-23)11-13-21(25-5)19(3)9-7-8-10-20(4)22(26-6)14-12-18(2)16-24/h7-12,15-16,21-22H,13-14H2,1-6H3/b8-7+,17-11+,18-12+,19-9+,20-10+. The lowest BCUT2D eigenvalue weighted by Gasteiger charge is -2.14. The van der Waals surface area contributed by atoms with Crippen LogP contribution in [-0.4, -0.2) is 39.0 Å². The Bertz CT molecular complexity index is 539. The topological polar surface area (TPSA) is 52.6 Å². The average molecular weight is 360 g/mol. The zero-order chi connectivity index (χ0) is 19.9. The molecule has 2 atom stereocenters. The van der Waals surface area contributed by atoms with E-state index in [1.807, 2.05) is 50.3 Å². The van der Waals surface area contributed by atoms with Crippen molar-refractivity contribution in [2.24, 2.45) is 0 Å². The first kappa shape index (κ1) is 24.0. The van der Waals surface area contributed by atoms with Crippen molar-refractivity contribution in [3.63, 3.8) is 0 Å². The van der Waals surface area contributed by atoms with Gasteiger partial charge in [-0.15, -0.1) is 0 Å². The lowest BCUT2D eigenvalue weighted by atomic mass is 10.1. The molecule has 0 heterocycles. The molecule has 0 bridgehead atoms. The molecular formula is C22H32O4. The van der Waals surface area contributed by atoms with Crippen molar-refractivity contribution >= 4 is 12.6 Å². The minimum absolute atomic E-state index is 0.0530. The Morgan fingerprint density at radius 2 is 1.08 bits per heavy atom. The maximum atomic E-state index is 10.7. The van der Waals surface area contributed by atoms with Gasteiger partial charge in [0.1, 0.15) is 12.6 Å². The van der Waals surface area contributed by atoms with Crippen LogP contribution in [-0.2, 0) is 19.1 Å². The van der Waals surface area contributed by atoms with Crippen LogP contribution in [0.4, 0.5) is 0 Å². The summed E-state index contributed by atoms with van der Waals surface area (Å²) in [7, 11) is 3.33. The Morgan fingerprint density at radius 3 is 1.35 bits per heavy atom. The van der Waals surface area contributed by atoms with Gasteiger partial charge in [0.15, 0.2) is 0 Å². The summed E-state index contributed by atoms with van der Waals surface area (Å²) in [6.07, 6.45) is 14.6. The fourth-order valence-electron chi connectivity index (χ4n) is 2.25. The number of aldehydes is 2. The van der Waals surface area contributed by atoms with Crippen LogP contribution in [0, 0.1) is 0 Å². The second-order valence-corrected chi connectivity index (χ2v) is 6.26. The van der Waals surface area contributed by atoms with Crippen molar-refractivity contribution in [1.82, 2.24) is 0 Å². The van der Waals surface area contributed by atoms with Crippen molar-refractivity contribution in [1.29, 1.82) is 0 Å². The van der Waals surface area contributed by atoms with Crippen LogP contribution in [0.3, 0.4) is 0 Å². The van der Waals surface area contributed by atoms with E-state index >= 15 is 0 Å². The molecule has 144 valence electrons. The van der Waals surface area contributed by atoms with Crippen molar-refractivity contribution in [2.75, 3.05) is 14.2 Å². The number of hydrogen-bond donors (Lipinski definition) is 0. The normalized spacial score (nSPS) is 16.7. The molecule has 0 saturated heterocycles. The third-order valence-corrected chi connectivity index (χ3v) is 4.09. The molecule has 2 unspecified atom stereocenters. The summed E-state index contributed by atoms with van der Waals surface area (Å²) in [5.41, 5.74) is 3.58. The molecule has 0 fully saturated rings. The fraction of sp³-hybridized carbons (Fsp3) is 0.455. The summed E-state index contributed by atoms with van der Waals surface area (Å²) in [4.78, 5) is 21.3. The van der Waals surface area contributed by atoms with Gasteiger partial charge in [-0.25, -0.2) is 0 Å². The summed E-state index contributed by atoms with van der Waals surface area (Å²) in [6, 6.07) is 0. The minimum Gasteiger partial charge on any atom is -0.377 e. The maximum absolute atomic E-state index is 10.7. The summed E-state index contributed by atoms with van der Waals surface area (Å²) < 4.78 is 10.9. The van der Waals surface area contributed by atoms with E-state index in [0.717, 1.165) is 23.7 Å². The van der Waals surface area contributed by atoms with Crippen LogP contribution in [0.1, 0.15) is 40.5 Å². The van der Waals surface area contributed by atoms with E-state index in [0.29, 0.717) is 24.0 Å². The van der Waals surface area contributed by atoms with Gasteiger partial charge in [-0.05, 0) is 62.8 Å². The second kappa shape index (κ2) is 14.2. The Labute approximate surface area is 158 Å². The summed E-state index contributed by atoms with van der Waals surface area (Å²) in [5.74, 6) is 0. The predicted octanol–water partition coefficient (Wildman–Crippen LogP) is 4.54. The van der Waals surface area contributed by atoms with Crippen LogP contribution < -0.4 is 0 Å². The maximum Gasteiger partial charge on any atom is 0.145 e. The van der Waals surface area contributed by atoms with E-state index < -0.39 is 0 Å². The van der Waals surface area contributed by atoms with E-state index in [2.05, 4.69) is 0 Å². The van der Waals surface area contributed by atoms with Crippen LogP contribution >= 0.6 is 0 Å². The highest BCUT2D eigenvalue weighted by Gasteiger charge is 2.08. The molecule has 0 aliphatic heterocycles. The number of ether oxygens (including phenoxy) is 2. The van der Waals surface area contributed by atoms with E-state index in [1.54, 1.807) is 28.1 Å². The Balaban J connectivity index is 4.89. The zero-order valence-electron chi connectivity index (χ0n) is 16.8. The quantitative estimate of drug-likeness (QED) is 0.291. The molecule has 0 aliphatic carbocycles. The number of hydrogen-bond acceptors (Lipinski definition) is 4. The first-order valence-electron chi connectivity index (χ1n) is 8.70. The number of carbonyl (C=O) groups excluding carboxylic acids is 2. The predicted molar refractivity (Wildman–Crippen MR) is 107 cm³/mol. The molecular weight excluding hydrogens is 328 g/mol. The van der Waals surface area contributed by atoms with Gasteiger partial charge >= 0.3 is 0 Å². The lowest BCUT2D eigenvalue weighted by molar-refractivity contribution is -0.105. The van der Waals surface area contributed by atoms with Gasteiger partial charge in [0.25, 0.3) is 0 Å². The number of allylic oxidation sites excluding steroid dienone is 6. The number of rotatable bonds is 12. The molecule has 4 nitrogen and oxygen atoms in total. The van der Waals surface area contributed by atoms with Gasteiger partial charge in [0.05, 0.1) is 12.2 Å². The highest BCUT2D eigenvalue weighted by atomic mass is 16.5. The van der Waals surface area contributed by atoms with Gasteiger partial charge in [0.2, 0.25) is 0 Å². The second-order valence-electron chi connectivity index (χ2n) is 6.26. The van der Waals surface area contributed by atoms with Gasteiger partial charge in [-0.2, -0.15) is 0 Å². The van der Waals surface area contributed by atoms with Crippen molar-refractivity contribution < 1.29 is 19.1 Å². The Morgan fingerprint density at radius 1 is 0.731 bits per heavy atom. The van der Waals surface area contributed by atoms with E-state index in [9.17, 15) is 9.59 Å². The Hall–Kier alpha value is -2.04. The third kappa shape index (κ3) is 10.1. The molecule has 0 aromatic heterocycles. The SMILES string of the molecule is COC(C/C=C(\C)C=O)/C(C)=C/C=C/C=C(\C)C(C/C=C(\C)C=O)OC. The molecule has 0 amide bonds.